The molecule has 0 aromatic heterocycles. The summed E-state index contributed by atoms with van der Waals surface area (Å²) >= 11 is 0. The van der Waals surface area contributed by atoms with Crippen molar-refractivity contribution in [3.63, 3.8) is 0 Å². The third-order valence-corrected chi connectivity index (χ3v) is 2.94. The normalized spacial score (nSPS) is 11.1. The van der Waals surface area contributed by atoms with Crippen LogP contribution in [0.1, 0.15) is 0 Å². The second kappa shape index (κ2) is 7.11. The maximum absolute atomic E-state index is 12.9. The lowest BCUT2D eigenvalue weighted by Gasteiger charge is -2.19. The van der Waals surface area contributed by atoms with Gasteiger partial charge in [0.1, 0.15) is 13.2 Å². The molecule has 0 amide bonds. The molecule has 0 saturated carbocycles. The van der Waals surface area contributed by atoms with E-state index in [0.717, 1.165) is 6.07 Å². The van der Waals surface area contributed by atoms with Crippen molar-refractivity contribution in [1.29, 1.82) is 0 Å². The highest BCUT2D eigenvalue weighted by molar-refractivity contribution is 6.74. The molecule has 0 aliphatic rings. The van der Waals surface area contributed by atoms with Crippen LogP contribution >= 0.6 is 0 Å². The molecule has 22 heavy (non-hydrogen) atoms. The molecule has 0 radical (unpaired) electrons. The van der Waals surface area contributed by atoms with Crippen molar-refractivity contribution in [2.75, 3.05) is 20.3 Å². The Kier molecular flexibility index (Phi) is 5.19. The Bertz CT molecular complexity index is 617. The van der Waals surface area contributed by atoms with Gasteiger partial charge in [0.25, 0.3) is 0 Å². The Labute approximate surface area is 126 Å². The molecule has 0 spiro atoms. The first-order valence-electron chi connectivity index (χ1n) is 6.70. The largest absolute Gasteiger partial charge is 0.513 e. The second-order valence-electron chi connectivity index (χ2n) is 4.46. The minimum Gasteiger partial charge on any atom is -0.493 e. The van der Waals surface area contributed by atoms with Gasteiger partial charge in [-0.3, -0.25) is 0 Å². The van der Waals surface area contributed by atoms with Gasteiger partial charge in [-0.05, 0) is 18.2 Å². The van der Waals surface area contributed by atoms with Crippen LogP contribution in [0, 0.1) is 0 Å². The maximum atomic E-state index is 12.9. The van der Waals surface area contributed by atoms with Gasteiger partial charge in [-0.1, -0.05) is 35.8 Å². The van der Waals surface area contributed by atoms with E-state index in [1.165, 1.54) is 25.3 Å². The highest BCUT2D eigenvalue weighted by atomic mass is 19.4. The van der Waals surface area contributed by atoms with Crippen LogP contribution in [0.3, 0.4) is 0 Å². The van der Waals surface area contributed by atoms with Crippen LogP contribution in [0.15, 0.2) is 48.5 Å². The molecule has 2 aromatic rings. The molecular formula is C15H15BF3O3-. The van der Waals surface area contributed by atoms with Gasteiger partial charge in [-0.25, -0.2) is 0 Å². The van der Waals surface area contributed by atoms with Crippen LogP contribution in [-0.4, -0.2) is 27.3 Å². The molecule has 0 aliphatic carbocycles. The van der Waals surface area contributed by atoms with Crippen molar-refractivity contribution in [2.24, 2.45) is 0 Å². The van der Waals surface area contributed by atoms with Gasteiger partial charge in [0, 0.05) is 0 Å². The average molecular weight is 311 g/mol. The molecule has 0 N–H and O–H groups in total. The molecule has 0 atom stereocenters. The SMILES string of the molecule is COc1ccccc1OCCOc1ccccc1[B-](F)(F)F. The summed E-state index contributed by atoms with van der Waals surface area (Å²) < 4.78 is 54.3. The lowest BCUT2D eigenvalue weighted by atomic mass is 9.79. The first kappa shape index (κ1) is 16.1. The predicted octanol–water partition coefficient (Wildman–Crippen LogP) is 3.21. The molecule has 0 fully saturated rings. The van der Waals surface area contributed by atoms with Gasteiger partial charge in [0.05, 0.1) is 12.9 Å². The Morgan fingerprint density at radius 2 is 1.27 bits per heavy atom. The van der Waals surface area contributed by atoms with Crippen LogP contribution in [0.2, 0.25) is 0 Å². The lowest BCUT2D eigenvalue weighted by molar-refractivity contribution is 0.212. The molecule has 2 aromatic carbocycles. The van der Waals surface area contributed by atoms with Crippen molar-refractivity contribution in [3.05, 3.63) is 48.5 Å². The number of halogens is 3. The summed E-state index contributed by atoms with van der Waals surface area (Å²) in [5.41, 5.74) is -0.736. The maximum Gasteiger partial charge on any atom is 0.513 e. The Hall–Kier alpha value is -2.31. The topological polar surface area (TPSA) is 27.7 Å². The zero-order valence-corrected chi connectivity index (χ0v) is 12.0. The van der Waals surface area contributed by atoms with Gasteiger partial charge in [0.15, 0.2) is 11.5 Å². The van der Waals surface area contributed by atoms with E-state index in [4.69, 9.17) is 14.2 Å². The molecule has 2 rings (SSSR count). The fourth-order valence-corrected chi connectivity index (χ4v) is 1.92. The van der Waals surface area contributed by atoms with E-state index in [9.17, 15) is 12.9 Å². The second-order valence-corrected chi connectivity index (χ2v) is 4.46. The summed E-state index contributed by atoms with van der Waals surface area (Å²) in [6.45, 7) is -4.99. The van der Waals surface area contributed by atoms with E-state index in [-0.39, 0.29) is 19.0 Å². The van der Waals surface area contributed by atoms with Crippen molar-refractivity contribution < 1.29 is 27.2 Å². The Morgan fingerprint density at radius 1 is 0.773 bits per heavy atom. The number of methoxy groups -OCH3 is 1. The van der Waals surface area contributed by atoms with Crippen molar-refractivity contribution in [1.82, 2.24) is 0 Å². The molecule has 3 nitrogen and oxygen atoms in total. The predicted molar refractivity (Wildman–Crippen MR) is 79.1 cm³/mol. The third-order valence-electron chi connectivity index (χ3n) is 2.94. The number of ether oxygens (including phenoxy) is 3. The molecule has 0 heterocycles. The lowest BCUT2D eigenvalue weighted by Crippen LogP contribution is -2.35. The smallest absolute Gasteiger partial charge is 0.493 e. The number of hydrogen-bond donors (Lipinski definition) is 0. The fourth-order valence-electron chi connectivity index (χ4n) is 1.92. The third kappa shape index (κ3) is 4.10. The number of benzene rings is 2. The quantitative estimate of drug-likeness (QED) is 0.580. The standard InChI is InChI=1S/C15H15BF3O3/c1-20-14-8-4-5-9-15(14)22-11-10-21-13-7-3-2-6-12(13)16(17,18)19/h2-9H,10-11H2,1H3/q-1. The van der Waals surface area contributed by atoms with Gasteiger partial charge < -0.3 is 27.2 Å². The number of rotatable bonds is 7. The first-order chi connectivity index (χ1) is 10.5. The Morgan fingerprint density at radius 3 is 1.86 bits per heavy atom. The Balaban J connectivity index is 1.92. The van der Waals surface area contributed by atoms with Crippen molar-refractivity contribution >= 4 is 12.4 Å². The first-order valence-corrected chi connectivity index (χ1v) is 6.70. The van der Waals surface area contributed by atoms with Crippen LogP contribution in [0.25, 0.3) is 0 Å². The minimum absolute atomic E-state index is 0.00121. The molecular weight excluding hydrogens is 296 g/mol. The summed E-state index contributed by atoms with van der Waals surface area (Å²) in [5.74, 6) is 0.891. The highest BCUT2D eigenvalue weighted by Gasteiger charge is 2.28. The molecule has 0 saturated heterocycles. The van der Waals surface area contributed by atoms with Crippen LogP contribution in [-0.2, 0) is 0 Å². The summed E-state index contributed by atoms with van der Waals surface area (Å²) in [7, 11) is 1.51. The van der Waals surface area contributed by atoms with Crippen LogP contribution in [0.4, 0.5) is 12.9 Å². The van der Waals surface area contributed by atoms with Crippen LogP contribution in [0.5, 0.6) is 17.2 Å². The molecule has 7 heteroatoms. The molecule has 0 bridgehead atoms. The fraction of sp³-hybridized carbons (Fsp3) is 0.200. The molecule has 0 unspecified atom stereocenters. The van der Waals surface area contributed by atoms with Gasteiger partial charge in [0.2, 0.25) is 0 Å². The van der Waals surface area contributed by atoms with Gasteiger partial charge in [-0.15, -0.1) is 0 Å². The zero-order valence-electron chi connectivity index (χ0n) is 12.0. The van der Waals surface area contributed by atoms with E-state index in [0.29, 0.717) is 11.5 Å². The summed E-state index contributed by atoms with van der Waals surface area (Å²) in [6.07, 6.45) is 0. The minimum atomic E-state index is -5.10. The van der Waals surface area contributed by atoms with E-state index in [1.807, 2.05) is 0 Å². The summed E-state index contributed by atoms with van der Waals surface area (Å²) in [6, 6.07) is 12.2. The summed E-state index contributed by atoms with van der Waals surface area (Å²) in [4.78, 5) is 0. The van der Waals surface area contributed by atoms with E-state index in [2.05, 4.69) is 0 Å². The van der Waals surface area contributed by atoms with Crippen molar-refractivity contribution in [3.8, 4) is 17.2 Å². The van der Waals surface area contributed by atoms with E-state index in [1.54, 1.807) is 24.3 Å². The van der Waals surface area contributed by atoms with Gasteiger partial charge in [-0.2, -0.15) is 0 Å². The highest BCUT2D eigenvalue weighted by Crippen LogP contribution is 2.25. The van der Waals surface area contributed by atoms with Crippen molar-refractivity contribution in [2.45, 2.75) is 0 Å². The monoisotopic (exact) mass is 311 g/mol. The number of hydrogen-bond acceptors (Lipinski definition) is 3. The van der Waals surface area contributed by atoms with Crippen LogP contribution < -0.4 is 19.7 Å². The number of para-hydroxylation sites is 3. The van der Waals surface area contributed by atoms with E-state index >= 15 is 0 Å². The van der Waals surface area contributed by atoms with E-state index < -0.39 is 12.4 Å². The summed E-state index contributed by atoms with van der Waals surface area (Å²) in [5, 5.41) is 0. The molecule has 0 aliphatic heterocycles. The average Bonchev–Trinajstić information content (AvgIpc) is 2.51. The zero-order chi connectivity index (χ0) is 16.0. The molecule has 118 valence electrons. The van der Waals surface area contributed by atoms with Gasteiger partial charge >= 0.3 is 6.98 Å².